The molecule has 2 amide bonds. The van der Waals surface area contributed by atoms with Crippen LogP contribution in [0.15, 0.2) is 52.9 Å². The lowest BCUT2D eigenvalue weighted by Gasteiger charge is -2.18. The van der Waals surface area contributed by atoms with Crippen LogP contribution in [0.3, 0.4) is 0 Å². The molecule has 0 aliphatic heterocycles. The van der Waals surface area contributed by atoms with Crippen molar-refractivity contribution in [1.29, 1.82) is 0 Å². The minimum Gasteiger partial charge on any atom is -0.335 e. The van der Waals surface area contributed by atoms with Gasteiger partial charge in [0, 0.05) is 23.7 Å². The van der Waals surface area contributed by atoms with Gasteiger partial charge >= 0.3 is 0 Å². The van der Waals surface area contributed by atoms with Crippen molar-refractivity contribution in [2.75, 3.05) is 18.9 Å². The van der Waals surface area contributed by atoms with Crippen molar-refractivity contribution in [1.82, 2.24) is 14.5 Å². The molecule has 4 aromatic rings. The van der Waals surface area contributed by atoms with E-state index in [1.807, 2.05) is 63.4 Å². The average molecular weight is 489 g/mol. The van der Waals surface area contributed by atoms with Gasteiger partial charge in [-0.2, -0.15) is 0 Å². The number of carbonyl (C=O) groups excluding carboxylic acids is 2. The van der Waals surface area contributed by atoms with Gasteiger partial charge < -0.3 is 10.2 Å². The standard InChI is InChI=1S/C27H28N4O3S/c1-16-9-10-20(11-19(16)4)21-14-35-26-24(21)27(34)31(15-28-26)13-23(33)30(5)12-22(32)29-25-17(2)7-6-8-18(25)3/h6-11,14-15H,12-13H2,1-5H3,(H,29,32). The third kappa shape index (κ3) is 5.02. The second-order valence-corrected chi connectivity index (χ2v) is 9.73. The summed E-state index contributed by atoms with van der Waals surface area (Å²) in [4.78, 5) is 45.1. The fourth-order valence-corrected chi connectivity index (χ4v) is 4.87. The Labute approximate surface area is 208 Å². The number of anilines is 1. The predicted octanol–water partition coefficient (Wildman–Crippen LogP) is 4.46. The Morgan fingerprint density at radius 1 is 1.03 bits per heavy atom. The van der Waals surface area contributed by atoms with E-state index in [1.165, 1.54) is 32.7 Å². The number of aryl methyl sites for hydroxylation is 4. The molecular formula is C27H28N4O3S. The summed E-state index contributed by atoms with van der Waals surface area (Å²) < 4.78 is 1.31. The maximum Gasteiger partial charge on any atom is 0.263 e. The van der Waals surface area contributed by atoms with Crippen molar-refractivity contribution in [3.05, 3.63) is 80.7 Å². The van der Waals surface area contributed by atoms with E-state index in [0.29, 0.717) is 10.2 Å². The van der Waals surface area contributed by atoms with Gasteiger partial charge in [-0.3, -0.25) is 19.0 Å². The predicted molar refractivity (Wildman–Crippen MR) is 141 cm³/mol. The molecule has 0 saturated carbocycles. The van der Waals surface area contributed by atoms with Gasteiger partial charge in [0.05, 0.1) is 18.3 Å². The Balaban J connectivity index is 1.52. The molecule has 4 rings (SSSR count). The van der Waals surface area contributed by atoms with Crippen molar-refractivity contribution < 1.29 is 9.59 Å². The number of nitrogens with one attached hydrogen (secondary N) is 1. The minimum atomic E-state index is -0.354. The number of thiophene rings is 1. The molecule has 0 aliphatic rings. The van der Waals surface area contributed by atoms with E-state index >= 15 is 0 Å². The number of amides is 2. The van der Waals surface area contributed by atoms with Crippen LogP contribution in [0.1, 0.15) is 22.3 Å². The number of hydrogen-bond acceptors (Lipinski definition) is 5. The van der Waals surface area contributed by atoms with Crippen LogP contribution >= 0.6 is 11.3 Å². The Bertz CT molecular complexity index is 1480. The summed E-state index contributed by atoms with van der Waals surface area (Å²) in [6.45, 7) is 7.60. The first-order valence-corrected chi connectivity index (χ1v) is 12.2. The summed E-state index contributed by atoms with van der Waals surface area (Å²) in [7, 11) is 1.55. The maximum atomic E-state index is 13.3. The summed E-state index contributed by atoms with van der Waals surface area (Å²) in [6, 6.07) is 11.9. The number of hydrogen-bond donors (Lipinski definition) is 1. The molecule has 2 aromatic carbocycles. The summed E-state index contributed by atoms with van der Waals surface area (Å²) in [5.41, 5.74) is 6.46. The molecule has 0 saturated heterocycles. The van der Waals surface area contributed by atoms with E-state index in [4.69, 9.17) is 0 Å². The van der Waals surface area contributed by atoms with Crippen molar-refractivity contribution in [2.45, 2.75) is 34.2 Å². The first kappa shape index (κ1) is 24.3. The smallest absolute Gasteiger partial charge is 0.263 e. The Morgan fingerprint density at radius 2 is 1.74 bits per heavy atom. The van der Waals surface area contributed by atoms with Crippen molar-refractivity contribution in [3.8, 4) is 11.1 Å². The number of para-hydroxylation sites is 1. The monoisotopic (exact) mass is 488 g/mol. The average Bonchev–Trinajstić information content (AvgIpc) is 3.25. The van der Waals surface area contributed by atoms with Crippen LogP contribution in [0.5, 0.6) is 0 Å². The van der Waals surface area contributed by atoms with E-state index in [9.17, 15) is 14.4 Å². The normalized spacial score (nSPS) is 11.0. The summed E-state index contributed by atoms with van der Waals surface area (Å²) >= 11 is 1.41. The molecule has 0 atom stereocenters. The SMILES string of the molecule is Cc1ccc(-c2csc3ncn(CC(=O)N(C)CC(=O)Nc4c(C)cccc4C)c(=O)c23)cc1C. The molecule has 0 fully saturated rings. The lowest BCUT2D eigenvalue weighted by Crippen LogP contribution is -2.38. The van der Waals surface area contributed by atoms with Crippen LogP contribution in [-0.2, 0) is 16.1 Å². The molecule has 0 bridgehead atoms. The molecular weight excluding hydrogens is 460 g/mol. The molecule has 2 aromatic heterocycles. The Hall–Kier alpha value is -3.78. The van der Waals surface area contributed by atoms with Gasteiger partial charge in [0.1, 0.15) is 11.4 Å². The van der Waals surface area contributed by atoms with Crippen LogP contribution in [0.4, 0.5) is 5.69 Å². The molecule has 0 aliphatic carbocycles. The van der Waals surface area contributed by atoms with Gasteiger partial charge in [0.15, 0.2) is 0 Å². The van der Waals surface area contributed by atoms with Crippen LogP contribution in [0.25, 0.3) is 21.3 Å². The maximum absolute atomic E-state index is 13.3. The van der Waals surface area contributed by atoms with Gasteiger partial charge in [-0.15, -0.1) is 11.3 Å². The molecule has 35 heavy (non-hydrogen) atoms. The van der Waals surface area contributed by atoms with Crippen LogP contribution < -0.4 is 10.9 Å². The first-order valence-electron chi connectivity index (χ1n) is 11.3. The third-order valence-corrected chi connectivity index (χ3v) is 7.12. The lowest BCUT2D eigenvalue weighted by atomic mass is 10.0. The summed E-state index contributed by atoms with van der Waals surface area (Å²) in [5.74, 6) is -0.651. The topological polar surface area (TPSA) is 84.3 Å². The highest BCUT2D eigenvalue weighted by Crippen LogP contribution is 2.31. The zero-order valence-corrected chi connectivity index (χ0v) is 21.3. The number of likely N-dealkylation sites (N-methyl/N-ethyl adjacent to an activating group) is 1. The molecule has 7 nitrogen and oxygen atoms in total. The number of carbonyl (C=O) groups is 2. The van der Waals surface area contributed by atoms with E-state index in [-0.39, 0.29) is 30.5 Å². The molecule has 180 valence electrons. The zero-order chi connectivity index (χ0) is 25.3. The van der Waals surface area contributed by atoms with Gasteiger partial charge in [-0.05, 0) is 55.5 Å². The second-order valence-electron chi connectivity index (χ2n) is 8.87. The molecule has 0 unspecified atom stereocenters. The highest BCUT2D eigenvalue weighted by molar-refractivity contribution is 7.17. The minimum absolute atomic E-state index is 0.122. The highest BCUT2D eigenvalue weighted by Gasteiger charge is 2.18. The Morgan fingerprint density at radius 3 is 2.43 bits per heavy atom. The number of rotatable bonds is 6. The largest absolute Gasteiger partial charge is 0.335 e. The Kier molecular flexibility index (Phi) is 6.84. The van der Waals surface area contributed by atoms with Gasteiger partial charge in [0.25, 0.3) is 5.56 Å². The van der Waals surface area contributed by atoms with E-state index in [2.05, 4.69) is 16.4 Å². The van der Waals surface area contributed by atoms with Gasteiger partial charge in [-0.1, -0.05) is 36.4 Å². The second kappa shape index (κ2) is 9.84. The number of benzene rings is 2. The molecule has 0 spiro atoms. The van der Waals surface area contributed by atoms with Crippen molar-refractivity contribution in [3.63, 3.8) is 0 Å². The van der Waals surface area contributed by atoms with Crippen LogP contribution in [-0.4, -0.2) is 39.9 Å². The van der Waals surface area contributed by atoms with Gasteiger partial charge in [0.2, 0.25) is 11.8 Å². The van der Waals surface area contributed by atoms with E-state index in [1.54, 1.807) is 7.05 Å². The number of fused-ring (bicyclic) bond motifs is 1. The van der Waals surface area contributed by atoms with Crippen molar-refractivity contribution in [2.24, 2.45) is 0 Å². The summed E-state index contributed by atoms with van der Waals surface area (Å²) in [5, 5.41) is 5.32. The molecule has 0 radical (unpaired) electrons. The van der Waals surface area contributed by atoms with Crippen molar-refractivity contribution >= 4 is 39.1 Å². The third-order valence-electron chi connectivity index (χ3n) is 6.24. The first-order chi connectivity index (χ1) is 16.7. The van der Waals surface area contributed by atoms with E-state index in [0.717, 1.165) is 33.5 Å². The molecule has 8 heteroatoms. The molecule has 2 heterocycles. The van der Waals surface area contributed by atoms with E-state index < -0.39 is 0 Å². The highest BCUT2D eigenvalue weighted by atomic mass is 32.1. The van der Waals surface area contributed by atoms with Crippen LogP contribution in [0.2, 0.25) is 0 Å². The fraction of sp³-hybridized carbons (Fsp3) is 0.259. The quantitative estimate of drug-likeness (QED) is 0.434. The lowest BCUT2D eigenvalue weighted by molar-refractivity contribution is -0.133. The molecule has 1 N–H and O–H groups in total. The zero-order valence-electron chi connectivity index (χ0n) is 20.5. The van der Waals surface area contributed by atoms with Gasteiger partial charge in [-0.25, -0.2) is 4.98 Å². The number of aromatic nitrogens is 2. The number of nitrogens with zero attached hydrogens (tertiary/aromatic N) is 3. The summed E-state index contributed by atoms with van der Waals surface area (Å²) in [6.07, 6.45) is 1.40. The van der Waals surface area contributed by atoms with Crippen LogP contribution in [0, 0.1) is 27.7 Å². The fourth-order valence-electron chi connectivity index (χ4n) is 3.96.